The van der Waals surface area contributed by atoms with Crippen molar-refractivity contribution in [3.63, 3.8) is 0 Å². The smallest absolute Gasteiger partial charge is 0.119 e. The number of hydrogen-bond donors (Lipinski definition) is 0. The third-order valence-corrected chi connectivity index (χ3v) is 3.76. The largest absolute Gasteiger partial charge is 0.494 e. The average Bonchev–Trinajstić information content (AvgIpc) is 3.11. The summed E-state index contributed by atoms with van der Waals surface area (Å²) in [5.74, 6) is 2.69. The molecule has 0 aromatic heterocycles. The van der Waals surface area contributed by atoms with Crippen molar-refractivity contribution in [2.45, 2.75) is 19.8 Å². The van der Waals surface area contributed by atoms with E-state index in [0.717, 1.165) is 37.2 Å². The molecule has 0 aliphatic heterocycles. The molecule has 1 aromatic carbocycles. The van der Waals surface area contributed by atoms with Gasteiger partial charge in [-0.25, -0.2) is 0 Å². The van der Waals surface area contributed by atoms with Crippen LogP contribution in [-0.2, 0) is 0 Å². The third-order valence-electron chi connectivity index (χ3n) is 3.76. The first-order valence-corrected chi connectivity index (χ1v) is 7.00. The zero-order valence-electron chi connectivity index (χ0n) is 11.8. The Balaban J connectivity index is 1.59. The number of rotatable bonds is 7. The predicted octanol–water partition coefficient (Wildman–Crippen LogP) is 2.91. The molecule has 1 fully saturated rings. The van der Waals surface area contributed by atoms with Crippen LogP contribution in [0.4, 0.5) is 0 Å². The lowest BCUT2D eigenvalue weighted by Gasteiger charge is -2.16. The summed E-state index contributed by atoms with van der Waals surface area (Å²) in [6.45, 7) is 5.36. The molecule has 1 aromatic rings. The molecule has 0 heterocycles. The van der Waals surface area contributed by atoms with E-state index in [1.807, 2.05) is 12.1 Å². The Kier molecular flexibility index (Phi) is 4.81. The highest BCUT2D eigenvalue weighted by molar-refractivity contribution is 5.34. The van der Waals surface area contributed by atoms with Crippen molar-refractivity contribution in [3.8, 4) is 11.8 Å². The number of hydrogen-bond acceptors (Lipinski definition) is 3. The maximum Gasteiger partial charge on any atom is 0.119 e. The molecule has 2 unspecified atom stereocenters. The van der Waals surface area contributed by atoms with Gasteiger partial charge in [0.2, 0.25) is 0 Å². The number of benzene rings is 1. The van der Waals surface area contributed by atoms with Crippen LogP contribution in [-0.4, -0.2) is 31.6 Å². The zero-order valence-corrected chi connectivity index (χ0v) is 11.8. The molecule has 1 aliphatic rings. The fourth-order valence-corrected chi connectivity index (χ4v) is 2.30. The summed E-state index contributed by atoms with van der Waals surface area (Å²) >= 11 is 0. The fourth-order valence-electron chi connectivity index (χ4n) is 2.30. The number of nitriles is 1. The normalized spacial score (nSPS) is 21.2. The molecular formula is C16H22N2O. The van der Waals surface area contributed by atoms with Gasteiger partial charge in [-0.3, -0.25) is 0 Å². The van der Waals surface area contributed by atoms with Gasteiger partial charge in [-0.15, -0.1) is 0 Å². The molecule has 19 heavy (non-hydrogen) atoms. The highest BCUT2D eigenvalue weighted by Crippen LogP contribution is 2.37. The van der Waals surface area contributed by atoms with Crippen LogP contribution in [0.5, 0.6) is 5.75 Å². The molecule has 0 spiro atoms. The Labute approximate surface area is 115 Å². The van der Waals surface area contributed by atoms with Crippen molar-refractivity contribution >= 4 is 0 Å². The van der Waals surface area contributed by atoms with Crippen LogP contribution >= 0.6 is 0 Å². The third kappa shape index (κ3) is 4.57. The summed E-state index contributed by atoms with van der Waals surface area (Å²) in [4.78, 5) is 2.40. The van der Waals surface area contributed by atoms with Crippen LogP contribution in [0, 0.1) is 23.2 Å². The van der Waals surface area contributed by atoms with Crippen LogP contribution < -0.4 is 4.74 Å². The molecule has 3 nitrogen and oxygen atoms in total. The molecule has 0 saturated heterocycles. The van der Waals surface area contributed by atoms with Gasteiger partial charge in [0, 0.05) is 13.1 Å². The second kappa shape index (κ2) is 6.58. The summed E-state index contributed by atoms with van der Waals surface area (Å²) in [6, 6.07) is 9.39. The zero-order chi connectivity index (χ0) is 13.7. The maximum atomic E-state index is 8.70. The maximum absolute atomic E-state index is 8.70. The van der Waals surface area contributed by atoms with Crippen LogP contribution in [0.25, 0.3) is 0 Å². The van der Waals surface area contributed by atoms with Crippen molar-refractivity contribution < 1.29 is 4.74 Å². The van der Waals surface area contributed by atoms with E-state index in [1.54, 1.807) is 12.1 Å². The van der Waals surface area contributed by atoms with Crippen LogP contribution in [0.2, 0.25) is 0 Å². The SMILES string of the molecule is CC1CC1CN(C)CCCOc1ccc(C#N)cc1. The van der Waals surface area contributed by atoms with Gasteiger partial charge in [-0.2, -0.15) is 5.26 Å². The fraction of sp³-hybridized carbons (Fsp3) is 0.562. The molecule has 2 rings (SSSR count). The monoisotopic (exact) mass is 258 g/mol. The van der Waals surface area contributed by atoms with Gasteiger partial charge in [0.15, 0.2) is 0 Å². The lowest BCUT2D eigenvalue weighted by atomic mass is 10.2. The molecule has 0 bridgehead atoms. The number of nitrogens with zero attached hydrogens (tertiary/aromatic N) is 2. The first-order chi connectivity index (χ1) is 9.19. The van der Waals surface area contributed by atoms with Gasteiger partial charge in [0.25, 0.3) is 0 Å². The first-order valence-electron chi connectivity index (χ1n) is 7.00. The molecule has 0 amide bonds. The van der Waals surface area contributed by atoms with E-state index in [9.17, 15) is 0 Å². The topological polar surface area (TPSA) is 36.3 Å². The Hall–Kier alpha value is -1.53. The van der Waals surface area contributed by atoms with E-state index in [4.69, 9.17) is 10.00 Å². The lowest BCUT2D eigenvalue weighted by Crippen LogP contribution is -2.23. The van der Waals surface area contributed by atoms with E-state index in [1.165, 1.54) is 13.0 Å². The van der Waals surface area contributed by atoms with Crippen molar-refractivity contribution in [2.24, 2.45) is 11.8 Å². The summed E-state index contributed by atoms with van der Waals surface area (Å²) in [5, 5.41) is 8.70. The van der Waals surface area contributed by atoms with E-state index >= 15 is 0 Å². The van der Waals surface area contributed by atoms with Crippen molar-refractivity contribution in [3.05, 3.63) is 29.8 Å². The van der Waals surface area contributed by atoms with Gasteiger partial charge in [-0.05, 0) is 56.0 Å². The molecule has 1 aliphatic carbocycles. The standard InChI is InChI=1S/C16H22N2O/c1-13-10-15(13)12-18(2)8-3-9-19-16-6-4-14(11-17)5-7-16/h4-7,13,15H,3,8-10,12H2,1-2H3. The number of ether oxygens (including phenoxy) is 1. The van der Waals surface area contributed by atoms with Gasteiger partial charge in [0.1, 0.15) is 5.75 Å². The Morgan fingerprint density at radius 3 is 2.63 bits per heavy atom. The van der Waals surface area contributed by atoms with Crippen LogP contribution in [0.15, 0.2) is 24.3 Å². The van der Waals surface area contributed by atoms with Crippen molar-refractivity contribution in [2.75, 3.05) is 26.7 Å². The molecule has 3 heteroatoms. The second-order valence-electron chi connectivity index (χ2n) is 5.57. The highest BCUT2D eigenvalue weighted by Gasteiger charge is 2.32. The highest BCUT2D eigenvalue weighted by atomic mass is 16.5. The minimum Gasteiger partial charge on any atom is -0.494 e. The van der Waals surface area contributed by atoms with Crippen LogP contribution in [0.3, 0.4) is 0 Å². The summed E-state index contributed by atoms with van der Waals surface area (Å²) in [6.07, 6.45) is 2.43. The Morgan fingerprint density at radius 1 is 1.37 bits per heavy atom. The van der Waals surface area contributed by atoms with Gasteiger partial charge in [0.05, 0.1) is 18.2 Å². The average molecular weight is 258 g/mol. The van der Waals surface area contributed by atoms with E-state index in [2.05, 4.69) is 24.9 Å². The van der Waals surface area contributed by atoms with E-state index in [-0.39, 0.29) is 0 Å². The summed E-state index contributed by atoms with van der Waals surface area (Å²) in [5.41, 5.74) is 0.672. The minimum atomic E-state index is 0.672. The van der Waals surface area contributed by atoms with Crippen molar-refractivity contribution in [1.82, 2.24) is 4.90 Å². The van der Waals surface area contributed by atoms with E-state index in [0.29, 0.717) is 5.56 Å². The molecule has 0 radical (unpaired) electrons. The van der Waals surface area contributed by atoms with E-state index < -0.39 is 0 Å². The van der Waals surface area contributed by atoms with Gasteiger partial charge in [-0.1, -0.05) is 6.92 Å². The quantitative estimate of drug-likeness (QED) is 0.706. The molecule has 2 atom stereocenters. The summed E-state index contributed by atoms with van der Waals surface area (Å²) in [7, 11) is 2.19. The van der Waals surface area contributed by atoms with Crippen LogP contribution in [0.1, 0.15) is 25.3 Å². The van der Waals surface area contributed by atoms with Gasteiger partial charge < -0.3 is 9.64 Å². The molecular weight excluding hydrogens is 236 g/mol. The second-order valence-corrected chi connectivity index (χ2v) is 5.57. The Bertz CT molecular complexity index is 435. The molecule has 102 valence electrons. The van der Waals surface area contributed by atoms with Gasteiger partial charge >= 0.3 is 0 Å². The minimum absolute atomic E-state index is 0.672. The molecule has 1 saturated carbocycles. The Morgan fingerprint density at radius 2 is 2.05 bits per heavy atom. The lowest BCUT2D eigenvalue weighted by molar-refractivity contribution is 0.256. The van der Waals surface area contributed by atoms with Crippen molar-refractivity contribution in [1.29, 1.82) is 5.26 Å². The summed E-state index contributed by atoms with van der Waals surface area (Å²) < 4.78 is 5.66. The molecule has 0 N–H and O–H groups in total. The first kappa shape index (κ1) is 13.9. The predicted molar refractivity (Wildman–Crippen MR) is 76.0 cm³/mol.